The lowest BCUT2D eigenvalue weighted by Gasteiger charge is -2.36. The van der Waals surface area contributed by atoms with Gasteiger partial charge in [0, 0.05) is 32.6 Å². The van der Waals surface area contributed by atoms with Crippen LogP contribution in [0.3, 0.4) is 0 Å². The third-order valence-electron chi connectivity index (χ3n) is 5.69. The molecule has 2 atom stereocenters. The topological polar surface area (TPSA) is 103 Å². The summed E-state index contributed by atoms with van der Waals surface area (Å²) in [5, 5.41) is 2.68. The Morgan fingerprint density at radius 3 is 2.35 bits per heavy atom. The van der Waals surface area contributed by atoms with E-state index in [1.165, 1.54) is 6.26 Å². The van der Waals surface area contributed by atoms with Crippen molar-refractivity contribution in [1.82, 2.24) is 20.0 Å². The second kappa shape index (κ2) is 8.63. The van der Waals surface area contributed by atoms with E-state index in [0.29, 0.717) is 32.6 Å². The van der Waals surface area contributed by atoms with Crippen molar-refractivity contribution in [3.05, 3.63) is 60.1 Å². The number of carbonyl (C=O) groups is 4. The van der Waals surface area contributed by atoms with E-state index in [0.717, 1.165) is 10.5 Å². The zero-order valence-corrected chi connectivity index (χ0v) is 17.2. The minimum atomic E-state index is -0.916. The Labute approximate surface area is 179 Å². The highest BCUT2D eigenvalue weighted by atomic mass is 16.3. The molecule has 2 aromatic rings. The molecular weight excluding hydrogens is 400 g/mol. The van der Waals surface area contributed by atoms with Crippen molar-refractivity contribution in [3.63, 3.8) is 0 Å². The molecule has 0 spiro atoms. The Morgan fingerprint density at radius 2 is 1.71 bits per heavy atom. The number of carbonyl (C=O) groups excluding carboxylic acids is 4. The average molecular weight is 424 g/mol. The molecule has 4 rings (SSSR count). The van der Waals surface area contributed by atoms with Crippen LogP contribution < -0.4 is 5.32 Å². The zero-order chi connectivity index (χ0) is 22.0. The summed E-state index contributed by atoms with van der Waals surface area (Å²) in [5.74, 6) is -0.671. The Hall–Kier alpha value is -3.62. The molecule has 3 heterocycles. The van der Waals surface area contributed by atoms with Gasteiger partial charge in [0.05, 0.1) is 6.26 Å². The molecule has 0 aliphatic carbocycles. The Kier molecular flexibility index (Phi) is 5.75. The van der Waals surface area contributed by atoms with Crippen LogP contribution in [0.4, 0.5) is 4.79 Å². The molecule has 2 aliphatic rings. The van der Waals surface area contributed by atoms with Crippen LogP contribution in [0.15, 0.2) is 53.1 Å². The Balaban J connectivity index is 1.35. The molecule has 2 fully saturated rings. The monoisotopic (exact) mass is 424 g/mol. The average Bonchev–Trinajstić information content (AvgIpc) is 3.42. The van der Waals surface area contributed by atoms with E-state index in [-0.39, 0.29) is 17.6 Å². The number of nitrogens with one attached hydrogen (secondary N) is 1. The minimum absolute atomic E-state index is 0.219. The zero-order valence-electron chi connectivity index (χ0n) is 17.2. The van der Waals surface area contributed by atoms with Crippen LogP contribution in [0, 0.1) is 0 Å². The highest BCUT2D eigenvalue weighted by molar-refractivity contribution is 6.07. The van der Waals surface area contributed by atoms with Crippen molar-refractivity contribution in [1.29, 1.82) is 0 Å². The molecule has 1 aromatic carbocycles. The van der Waals surface area contributed by atoms with E-state index in [1.54, 1.807) is 28.9 Å². The van der Waals surface area contributed by atoms with Crippen molar-refractivity contribution in [2.45, 2.75) is 25.4 Å². The fourth-order valence-electron chi connectivity index (χ4n) is 3.96. The smallest absolute Gasteiger partial charge is 0.325 e. The van der Waals surface area contributed by atoms with E-state index in [4.69, 9.17) is 4.42 Å². The SMILES string of the molecule is C[C@H](C(=O)N1CCN(C(=O)c2ccco2)CC1)N1C(=O)N[C@@H](Cc2ccccc2)C1=O. The molecule has 0 radical (unpaired) electrons. The van der Waals surface area contributed by atoms with Gasteiger partial charge in [-0.15, -0.1) is 0 Å². The number of urea groups is 1. The van der Waals surface area contributed by atoms with Crippen LogP contribution in [0.1, 0.15) is 23.0 Å². The van der Waals surface area contributed by atoms with Gasteiger partial charge in [0.1, 0.15) is 12.1 Å². The molecule has 0 saturated carbocycles. The lowest BCUT2D eigenvalue weighted by Crippen LogP contribution is -2.56. The first-order valence-corrected chi connectivity index (χ1v) is 10.2. The molecule has 0 unspecified atom stereocenters. The van der Waals surface area contributed by atoms with E-state index >= 15 is 0 Å². The Morgan fingerprint density at radius 1 is 1.03 bits per heavy atom. The highest BCUT2D eigenvalue weighted by Crippen LogP contribution is 2.18. The number of amides is 5. The summed E-state index contributed by atoms with van der Waals surface area (Å²) in [7, 11) is 0. The van der Waals surface area contributed by atoms with Crippen LogP contribution in [0.5, 0.6) is 0 Å². The molecule has 9 heteroatoms. The highest BCUT2D eigenvalue weighted by Gasteiger charge is 2.44. The quantitative estimate of drug-likeness (QED) is 0.725. The van der Waals surface area contributed by atoms with Crippen LogP contribution in [-0.2, 0) is 16.0 Å². The number of rotatable bonds is 5. The number of hydrogen-bond donors (Lipinski definition) is 1. The second-order valence-corrected chi connectivity index (χ2v) is 7.67. The van der Waals surface area contributed by atoms with Crippen molar-refractivity contribution < 1.29 is 23.6 Å². The molecule has 5 amide bonds. The van der Waals surface area contributed by atoms with Gasteiger partial charge in [-0.05, 0) is 24.6 Å². The predicted molar refractivity (Wildman–Crippen MR) is 110 cm³/mol. The van der Waals surface area contributed by atoms with Crippen molar-refractivity contribution >= 4 is 23.8 Å². The molecule has 1 aromatic heterocycles. The van der Waals surface area contributed by atoms with Crippen LogP contribution in [-0.4, -0.2) is 76.7 Å². The maximum absolute atomic E-state index is 13.0. The lowest BCUT2D eigenvalue weighted by molar-refractivity contribution is -0.142. The normalized spacial score (nSPS) is 20.0. The van der Waals surface area contributed by atoms with E-state index in [9.17, 15) is 19.2 Å². The standard InChI is InChI=1S/C22H24N4O5/c1-15(26-20(28)17(23-22(26)30)14-16-6-3-2-4-7-16)19(27)24-9-11-25(12-10-24)21(29)18-8-5-13-31-18/h2-8,13,15,17H,9-12,14H2,1H3,(H,23,30)/t15-,17+/m1/s1. The van der Waals surface area contributed by atoms with E-state index < -0.39 is 24.0 Å². The first kappa shape index (κ1) is 20.6. The first-order valence-electron chi connectivity index (χ1n) is 10.2. The summed E-state index contributed by atoms with van der Waals surface area (Å²) in [6.45, 7) is 2.92. The van der Waals surface area contributed by atoms with Gasteiger partial charge >= 0.3 is 6.03 Å². The van der Waals surface area contributed by atoms with Gasteiger partial charge in [0.2, 0.25) is 5.91 Å². The third-order valence-corrected chi connectivity index (χ3v) is 5.69. The summed E-state index contributed by atoms with van der Waals surface area (Å²) in [5.41, 5.74) is 0.930. The van der Waals surface area contributed by atoms with Crippen molar-refractivity contribution in [2.24, 2.45) is 0 Å². The van der Waals surface area contributed by atoms with Gasteiger partial charge in [-0.2, -0.15) is 0 Å². The second-order valence-electron chi connectivity index (χ2n) is 7.67. The maximum atomic E-state index is 13.0. The first-order chi connectivity index (χ1) is 15.0. The molecule has 0 bridgehead atoms. The largest absolute Gasteiger partial charge is 0.459 e. The Bertz CT molecular complexity index is 967. The van der Waals surface area contributed by atoms with Crippen LogP contribution in [0.2, 0.25) is 0 Å². The number of nitrogens with zero attached hydrogens (tertiary/aromatic N) is 3. The lowest BCUT2D eigenvalue weighted by atomic mass is 10.1. The molecule has 1 N–H and O–H groups in total. The number of benzene rings is 1. The number of hydrogen-bond acceptors (Lipinski definition) is 5. The van der Waals surface area contributed by atoms with Gasteiger partial charge in [-0.3, -0.25) is 19.3 Å². The van der Waals surface area contributed by atoms with Crippen LogP contribution >= 0.6 is 0 Å². The fourth-order valence-corrected chi connectivity index (χ4v) is 3.96. The van der Waals surface area contributed by atoms with Crippen LogP contribution in [0.25, 0.3) is 0 Å². The summed E-state index contributed by atoms with van der Waals surface area (Å²) < 4.78 is 5.14. The molecule has 162 valence electrons. The van der Waals surface area contributed by atoms with Crippen molar-refractivity contribution in [3.8, 4) is 0 Å². The molecule has 2 aliphatic heterocycles. The van der Waals surface area contributed by atoms with Gasteiger partial charge in [-0.1, -0.05) is 30.3 Å². The van der Waals surface area contributed by atoms with E-state index in [1.807, 2.05) is 30.3 Å². The molecule has 31 heavy (non-hydrogen) atoms. The summed E-state index contributed by atoms with van der Waals surface area (Å²) in [4.78, 5) is 54.8. The van der Waals surface area contributed by atoms with Crippen molar-refractivity contribution in [2.75, 3.05) is 26.2 Å². The number of imide groups is 1. The summed E-state index contributed by atoms with van der Waals surface area (Å²) >= 11 is 0. The van der Waals surface area contributed by atoms with Gasteiger partial charge in [0.25, 0.3) is 11.8 Å². The third kappa shape index (κ3) is 4.16. The van der Waals surface area contributed by atoms with Gasteiger partial charge < -0.3 is 19.5 Å². The molecule has 2 saturated heterocycles. The summed E-state index contributed by atoms with van der Waals surface area (Å²) in [6.07, 6.45) is 1.81. The summed E-state index contributed by atoms with van der Waals surface area (Å²) in [6, 6.07) is 10.5. The molecule has 9 nitrogen and oxygen atoms in total. The minimum Gasteiger partial charge on any atom is -0.459 e. The van der Waals surface area contributed by atoms with Gasteiger partial charge in [0.15, 0.2) is 5.76 Å². The molecular formula is C22H24N4O5. The predicted octanol–water partition coefficient (Wildman–Crippen LogP) is 1.12. The number of piperazine rings is 1. The maximum Gasteiger partial charge on any atom is 0.325 e. The fraction of sp³-hybridized carbons (Fsp3) is 0.364. The number of furan rings is 1. The van der Waals surface area contributed by atoms with Gasteiger partial charge in [-0.25, -0.2) is 4.79 Å². The van der Waals surface area contributed by atoms with E-state index in [2.05, 4.69) is 5.32 Å².